The average molecular weight is 405 g/mol. The first-order valence-corrected chi connectivity index (χ1v) is 8.68. The predicted octanol–water partition coefficient (Wildman–Crippen LogP) is 3.01. The van der Waals surface area contributed by atoms with Gasteiger partial charge in [0, 0.05) is 11.4 Å². The molecular formula is C17H17ClN6O4. The monoisotopic (exact) mass is 404 g/mol. The van der Waals surface area contributed by atoms with Crippen molar-refractivity contribution >= 4 is 29.0 Å². The van der Waals surface area contributed by atoms with Crippen molar-refractivity contribution in [2.45, 2.75) is 26.6 Å². The van der Waals surface area contributed by atoms with Crippen LogP contribution in [0.5, 0.6) is 5.75 Å². The van der Waals surface area contributed by atoms with Gasteiger partial charge in [-0.1, -0.05) is 17.7 Å². The van der Waals surface area contributed by atoms with Crippen LogP contribution in [0.4, 0.5) is 11.5 Å². The maximum absolute atomic E-state index is 12.1. The highest BCUT2D eigenvalue weighted by Gasteiger charge is 2.16. The van der Waals surface area contributed by atoms with Crippen LogP contribution in [0.2, 0.25) is 5.02 Å². The molecule has 1 amide bonds. The molecule has 1 aromatic carbocycles. The predicted molar refractivity (Wildman–Crippen MR) is 101 cm³/mol. The Morgan fingerprint density at radius 3 is 2.93 bits per heavy atom. The smallest absolute Gasteiger partial charge is 0.390 e. The number of anilines is 1. The standard InChI is InChI=1S/C17H17ClN6O4/c1-12-7-16(24(26)27)21-23(12)6-5-17(25)20-14-9-19-22(10-14)11-28-15-4-2-3-13(18)8-15/h2-4,7-10H,5-6,11H2,1H3,(H,20,25). The third-order valence-corrected chi connectivity index (χ3v) is 4.02. The van der Waals surface area contributed by atoms with Gasteiger partial charge in [-0.3, -0.25) is 4.79 Å². The molecule has 0 atom stereocenters. The first-order valence-electron chi connectivity index (χ1n) is 8.30. The van der Waals surface area contributed by atoms with Gasteiger partial charge in [-0.25, -0.2) is 4.68 Å². The number of amides is 1. The fourth-order valence-corrected chi connectivity index (χ4v) is 2.62. The number of rotatable bonds is 8. The Hall–Kier alpha value is -3.40. The van der Waals surface area contributed by atoms with Crippen LogP contribution in [-0.2, 0) is 18.1 Å². The summed E-state index contributed by atoms with van der Waals surface area (Å²) in [6.45, 7) is 2.09. The van der Waals surface area contributed by atoms with Gasteiger partial charge in [-0.2, -0.15) is 9.78 Å². The number of nitro groups is 1. The van der Waals surface area contributed by atoms with Gasteiger partial charge in [0.05, 0.1) is 41.5 Å². The molecule has 0 saturated carbocycles. The highest BCUT2D eigenvalue weighted by atomic mass is 35.5. The van der Waals surface area contributed by atoms with Gasteiger partial charge >= 0.3 is 5.82 Å². The van der Waals surface area contributed by atoms with E-state index in [1.54, 1.807) is 37.4 Å². The second-order valence-corrected chi connectivity index (χ2v) is 6.36. The Morgan fingerprint density at radius 2 is 2.21 bits per heavy atom. The molecule has 3 aromatic rings. The molecule has 0 radical (unpaired) electrons. The summed E-state index contributed by atoms with van der Waals surface area (Å²) in [5, 5.41) is 22.0. The van der Waals surface area contributed by atoms with E-state index in [1.165, 1.54) is 21.6 Å². The Morgan fingerprint density at radius 1 is 1.39 bits per heavy atom. The maximum Gasteiger partial charge on any atom is 0.390 e. The highest BCUT2D eigenvalue weighted by Crippen LogP contribution is 2.17. The largest absolute Gasteiger partial charge is 0.471 e. The quantitative estimate of drug-likeness (QED) is 0.455. The molecule has 2 aromatic heterocycles. The number of benzene rings is 1. The van der Waals surface area contributed by atoms with Gasteiger partial charge < -0.3 is 20.2 Å². The summed E-state index contributed by atoms with van der Waals surface area (Å²) >= 11 is 5.90. The lowest BCUT2D eigenvalue weighted by Gasteiger charge is -2.06. The summed E-state index contributed by atoms with van der Waals surface area (Å²) in [6.07, 6.45) is 3.25. The van der Waals surface area contributed by atoms with Gasteiger partial charge in [0.15, 0.2) is 6.73 Å². The van der Waals surface area contributed by atoms with Crippen LogP contribution in [0.15, 0.2) is 42.7 Å². The first kappa shape index (κ1) is 19.4. The van der Waals surface area contributed by atoms with Crippen molar-refractivity contribution in [2.24, 2.45) is 0 Å². The second-order valence-electron chi connectivity index (χ2n) is 5.92. The van der Waals surface area contributed by atoms with E-state index in [0.717, 1.165) is 0 Å². The van der Waals surface area contributed by atoms with Crippen molar-refractivity contribution in [3.8, 4) is 5.75 Å². The number of nitrogens with one attached hydrogen (secondary N) is 1. The lowest BCUT2D eigenvalue weighted by molar-refractivity contribution is -0.389. The molecule has 1 N–H and O–H groups in total. The lowest BCUT2D eigenvalue weighted by Crippen LogP contribution is -2.15. The zero-order chi connectivity index (χ0) is 20.1. The SMILES string of the molecule is Cc1cc([N+](=O)[O-])nn1CCC(=O)Nc1cnn(COc2cccc(Cl)c2)c1. The van der Waals surface area contributed by atoms with Crippen molar-refractivity contribution in [2.75, 3.05) is 5.32 Å². The minimum absolute atomic E-state index is 0.115. The van der Waals surface area contributed by atoms with E-state index in [9.17, 15) is 14.9 Å². The number of aromatic nitrogens is 4. The summed E-state index contributed by atoms with van der Waals surface area (Å²) < 4.78 is 8.52. The van der Waals surface area contributed by atoms with E-state index in [-0.39, 0.29) is 31.4 Å². The number of nitrogens with zero attached hydrogens (tertiary/aromatic N) is 5. The van der Waals surface area contributed by atoms with Crippen LogP contribution < -0.4 is 10.1 Å². The number of ether oxygens (including phenoxy) is 1. The molecule has 0 aliphatic heterocycles. The molecule has 2 heterocycles. The zero-order valence-corrected chi connectivity index (χ0v) is 15.7. The zero-order valence-electron chi connectivity index (χ0n) is 14.9. The normalized spacial score (nSPS) is 10.6. The van der Waals surface area contributed by atoms with E-state index in [2.05, 4.69) is 15.5 Å². The number of carbonyl (C=O) groups is 1. The minimum atomic E-state index is -0.566. The van der Waals surface area contributed by atoms with Crippen LogP contribution in [0.1, 0.15) is 12.1 Å². The molecule has 146 valence electrons. The van der Waals surface area contributed by atoms with Crippen molar-refractivity contribution in [3.05, 3.63) is 63.6 Å². The molecule has 0 spiro atoms. The fourth-order valence-electron chi connectivity index (χ4n) is 2.44. The van der Waals surface area contributed by atoms with Crippen molar-refractivity contribution in [1.82, 2.24) is 19.6 Å². The van der Waals surface area contributed by atoms with Crippen LogP contribution in [0.3, 0.4) is 0 Å². The van der Waals surface area contributed by atoms with Crippen LogP contribution in [0.25, 0.3) is 0 Å². The highest BCUT2D eigenvalue weighted by molar-refractivity contribution is 6.30. The number of carbonyl (C=O) groups excluding carboxylic acids is 1. The molecule has 0 aliphatic rings. The third kappa shape index (κ3) is 5.07. The van der Waals surface area contributed by atoms with E-state index in [0.29, 0.717) is 22.2 Å². The molecule has 0 unspecified atom stereocenters. The summed E-state index contributed by atoms with van der Waals surface area (Å²) in [7, 11) is 0. The second kappa shape index (κ2) is 8.53. The first-order chi connectivity index (χ1) is 13.4. The molecule has 0 aliphatic carbocycles. The Bertz CT molecular complexity index is 999. The molecule has 28 heavy (non-hydrogen) atoms. The topological polar surface area (TPSA) is 117 Å². The Balaban J connectivity index is 1.49. The maximum atomic E-state index is 12.1. The molecule has 0 bridgehead atoms. The number of aryl methyl sites for hydroxylation is 2. The van der Waals surface area contributed by atoms with Crippen molar-refractivity contribution in [3.63, 3.8) is 0 Å². The summed E-state index contributed by atoms with van der Waals surface area (Å²) in [5.74, 6) is 0.115. The Kier molecular flexibility index (Phi) is 5.90. The van der Waals surface area contributed by atoms with Gasteiger partial charge in [0.2, 0.25) is 5.91 Å². The van der Waals surface area contributed by atoms with Crippen LogP contribution in [-0.4, -0.2) is 30.4 Å². The number of hydrogen-bond donors (Lipinski definition) is 1. The summed E-state index contributed by atoms with van der Waals surface area (Å²) in [4.78, 5) is 22.3. The van der Waals surface area contributed by atoms with Crippen LogP contribution >= 0.6 is 11.6 Å². The molecular weight excluding hydrogens is 388 g/mol. The van der Waals surface area contributed by atoms with Crippen molar-refractivity contribution < 1.29 is 14.5 Å². The van der Waals surface area contributed by atoms with Crippen molar-refractivity contribution in [1.29, 1.82) is 0 Å². The van der Waals surface area contributed by atoms with E-state index in [4.69, 9.17) is 16.3 Å². The summed E-state index contributed by atoms with van der Waals surface area (Å²) in [6, 6.07) is 8.36. The molecule has 11 heteroatoms. The molecule has 0 fully saturated rings. The van der Waals surface area contributed by atoms with Gasteiger partial charge in [-0.05, 0) is 30.0 Å². The number of hydrogen-bond acceptors (Lipinski definition) is 6. The van der Waals surface area contributed by atoms with Gasteiger partial charge in [0.25, 0.3) is 0 Å². The fraction of sp³-hybridized carbons (Fsp3) is 0.235. The number of halogens is 1. The van der Waals surface area contributed by atoms with E-state index in [1.807, 2.05) is 0 Å². The molecule has 10 nitrogen and oxygen atoms in total. The summed E-state index contributed by atoms with van der Waals surface area (Å²) in [5.41, 5.74) is 1.13. The molecule has 3 rings (SSSR count). The van der Waals surface area contributed by atoms with Gasteiger partial charge in [-0.15, -0.1) is 0 Å². The van der Waals surface area contributed by atoms with Crippen LogP contribution in [0, 0.1) is 17.0 Å². The lowest BCUT2D eigenvalue weighted by atomic mass is 10.3. The molecule has 0 saturated heterocycles. The van der Waals surface area contributed by atoms with E-state index < -0.39 is 4.92 Å². The van der Waals surface area contributed by atoms with E-state index >= 15 is 0 Å². The third-order valence-electron chi connectivity index (χ3n) is 3.78. The van der Waals surface area contributed by atoms with Gasteiger partial charge in [0.1, 0.15) is 5.75 Å². The average Bonchev–Trinajstić information content (AvgIpc) is 3.25. The Labute approximate surface area is 164 Å². The minimum Gasteiger partial charge on any atom is -0.471 e.